The Morgan fingerprint density at radius 1 is 1.06 bits per heavy atom. The number of hydrogen-bond acceptors (Lipinski definition) is 4. The van der Waals surface area contributed by atoms with Gasteiger partial charge in [0.2, 0.25) is 10.0 Å². The maximum Gasteiger partial charge on any atom is 0.417 e. The van der Waals surface area contributed by atoms with Gasteiger partial charge in [-0.15, -0.1) is 0 Å². The number of nitrogens with zero attached hydrogens (tertiary/aromatic N) is 2. The minimum atomic E-state index is -4.84. The molecule has 0 aromatic heterocycles. The Labute approximate surface area is 199 Å². The summed E-state index contributed by atoms with van der Waals surface area (Å²) >= 11 is 3.34. The van der Waals surface area contributed by atoms with Crippen molar-refractivity contribution in [2.75, 3.05) is 19.6 Å². The van der Waals surface area contributed by atoms with Gasteiger partial charge < -0.3 is 9.64 Å². The van der Waals surface area contributed by atoms with Crippen LogP contribution in [0.2, 0.25) is 0 Å². The first-order valence-corrected chi connectivity index (χ1v) is 12.3. The van der Waals surface area contributed by atoms with E-state index < -0.39 is 44.4 Å². The molecule has 1 aliphatic heterocycles. The molecule has 0 spiro atoms. The smallest absolute Gasteiger partial charge is 0.417 e. The van der Waals surface area contributed by atoms with Gasteiger partial charge in [-0.2, -0.15) is 17.5 Å². The Bertz CT molecular complexity index is 1130. The molecule has 2 aromatic rings. The predicted molar refractivity (Wildman–Crippen MR) is 120 cm³/mol. The summed E-state index contributed by atoms with van der Waals surface area (Å²) in [7, 11) is -4.55. The minimum absolute atomic E-state index is 0.0210. The number of sulfonamides is 1. The monoisotopic (exact) mass is 548 g/mol. The summed E-state index contributed by atoms with van der Waals surface area (Å²) in [4.78, 5) is 13.2. The van der Waals surface area contributed by atoms with Crippen LogP contribution in [0, 0.1) is 0 Å². The average molecular weight is 549 g/mol. The van der Waals surface area contributed by atoms with Crippen LogP contribution in [0.4, 0.5) is 18.0 Å². The van der Waals surface area contributed by atoms with Gasteiger partial charge in [0, 0.05) is 24.1 Å². The van der Waals surface area contributed by atoms with Gasteiger partial charge in [-0.25, -0.2) is 13.2 Å². The third-order valence-electron chi connectivity index (χ3n) is 5.00. The zero-order valence-electron chi connectivity index (χ0n) is 18.3. The highest BCUT2D eigenvalue weighted by Crippen LogP contribution is 2.38. The van der Waals surface area contributed by atoms with Gasteiger partial charge in [-0.05, 0) is 50.6 Å². The Morgan fingerprint density at radius 3 is 2.33 bits per heavy atom. The number of carbonyl (C=O) groups is 1. The third-order valence-corrected chi connectivity index (χ3v) is 7.46. The normalized spacial score (nSPS) is 18.3. The molecule has 1 saturated heterocycles. The van der Waals surface area contributed by atoms with E-state index in [-0.39, 0.29) is 19.6 Å². The van der Waals surface area contributed by atoms with Crippen LogP contribution < -0.4 is 0 Å². The molecule has 1 heterocycles. The van der Waals surface area contributed by atoms with E-state index in [1.165, 1.54) is 11.0 Å². The van der Waals surface area contributed by atoms with E-state index in [0.717, 1.165) is 22.5 Å². The first-order valence-electron chi connectivity index (χ1n) is 10.1. The van der Waals surface area contributed by atoms with Gasteiger partial charge >= 0.3 is 12.3 Å². The molecule has 1 fully saturated rings. The Kier molecular flexibility index (Phi) is 7.16. The molecule has 0 N–H and O–H groups in total. The fraction of sp³-hybridized carbons (Fsp3) is 0.409. The largest absolute Gasteiger partial charge is 0.444 e. The van der Waals surface area contributed by atoms with Crippen LogP contribution in [-0.2, 0) is 20.9 Å². The van der Waals surface area contributed by atoms with Crippen LogP contribution >= 0.6 is 15.9 Å². The average Bonchev–Trinajstić information content (AvgIpc) is 2.71. The number of piperazine rings is 1. The first-order chi connectivity index (χ1) is 15.2. The lowest BCUT2D eigenvalue weighted by Crippen LogP contribution is -2.53. The van der Waals surface area contributed by atoms with E-state index in [2.05, 4.69) is 15.9 Å². The van der Waals surface area contributed by atoms with Crippen LogP contribution in [0.25, 0.3) is 0 Å². The van der Waals surface area contributed by atoms with E-state index in [9.17, 15) is 26.4 Å². The minimum Gasteiger partial charge on any atom is -0.444 e. The Balaban J connectivity index is 2.05. The summed E-state index contributed by atoms with van der Waals surface area (Å²) in [6.45, 7) is 4.86. The number of hydrogen-bond donors (Lipinski definition) is 0. The molecule has 1 aliphatic rings. The fourth-order valence-corrected chi connectivity index (χ4v) is 5.81. The highest BCUT2D eigenvalue weighted by molar-refractivity contribution is 9.10. The second kappa shape index (κ2) is 9.27. The maximum absolute atomic E-state index is 13.6. The summed E-state index contributed by atoms with van der Waals surface area (Å²) in [5.74, 6) is 0. The zero-order valence-corrected chi connectivity index (χ0v) is 20.7. The number of ether oxygens (including phenoxy) is 1. The second-order valence-corrected chi connectivity index (χ2v) is 11.4. The van der Waals surface area contributed by atoms with E-state index >= 15 is 0 Å². The van der Waals surface area contributed by atoms with Crippen molar-refractivity contribution in [3.63, 3.8) is 0 Å². The van der Waals surface area contributed by atoms with Crippen LogP contribution in [0.5, 0.6) is 0 Å². The summed E-state index contributed by atoms with van der Waals surface area (Å²) < 4.78 is 74.9. The predicted octanol–water partition coefficient (Wildman–Crippen LogP) is 5.45. The number of amides is 1. The van der Waals surface area contributed by atoms with E-state index in [0.29, 0.717) is 10.0 Å². The molecule has 1 atom stereocenters. The molecular weight excluding hydrogens is 525 g/mol. The van der Waals surface area contributed by atoms with Crippen molar-refractivity contribution < 1.29 is 31.1 Å². The summed E-state index contributed by atoms with van der Waals surface area (Å²) in [6.07, 6.45) is -5.46. The molecule has 2 aromatic carbocycles. The van der Waals surface area contributed by atoms with E-state index in [4.69, 9.17) is 4.74 Å². The Morgan fingerprint density at radius 2 is 1.73 bits per heavy atom. The standard InChI is InChI=1S/C22H24BrF3N2O4S/c1-21(2,3)32-20(29)27-11-12-28(18(14-27)15-7-6-8-16(23)13-15)33(30,31)19-10-5-4-9-17(19)22(24,25)26/h4-10,13,18H,11-12,14H2,1-3H3. The third kappa shape index (κ3) is 5.88. The van der Waals surface area contributed by atoms with Gasteiger partial charge in [0.25, 0.3) is 0 Å². The van der Waals surface area contributed by atoms with Crippen molar-refractivity contribution in [2.24, 2.45) is 0 Å². The van der Waals surface area contributed by atoms with Gasteiger partial charge in [-0.3, -0.25) is 0 Å². The van der Waals surface area contributed by atoms with Crippen molar-refractivity contribution in [2.45, 2.75) is 43.5 Å². The second-order valence-electron chi connectivity index (χ2n) is 8.61. The molecule has 33 heavy (non-hydrogen) atoms. The lowest BCUT2D eigenvalue weighted by molar-refractivity contribution is -0.139. The molecule has 1 amide bonds. The van der Waals surface area contributed by atoms with Crippen molar-refractivity contribution in [3.05, 3.63) is 64.1 Å². The topological polar surface area (TPSA) is 66.9 Å². The lowest BCUT2D eigenvalue weighted by atomic mass is 10.0. The fourth-order valence-electron chi connectivity index (χ4n) is 3.58. The van der Waals surface area contributed by atoms with Crippen molar-refractivity contribution >= 4 is 32.0 Å². The summed E-state index contributed by atoms with van der Waals surface area (Å²) in [5, 5.41) is 0. The zero-order chi connectivity index (χ0) is 24.6. The van der Waals surface area contributed by atoms with Crippen LogP contribution in [-0.4, -0.2) is 49.0 Å². The molecule has 0 saturated carbocycles. The molecule has 180 valence electrons. The van der Waals surface area contributed by atoms with Crippen molar-refractivity contribution in [1.82, 2.24) is 9.21 Å². The molecule has 1 unspecified atom stereocenters. The Hall–Kier alpha value is -2.11. The summed E-state index contributed by atoms with van der Waals surface area (Å²) in [6, 6.07) is 9.99. The van der Waals surface area contributed by atoms with Gasteiger partial charge in [-0.1, -0.05) is 40.2 Å². The number of halogens is 4. The van der Waals surface area contributed by atoms with Crippen LogP contribution in [0.15, 0.2) is 57.9 Å². The molecule has 6 nitrogen and oxygen atoms in total. The molecule has 0 radical (unpaired) electrons. The quantitative estimate of drug-likeness (QED) is 0.511. The number of rotatable bonds is 3. The molecule has 3 rings (SSSR count). The van der Waals surface area contributed by atoms with Gasteiger partial charge in [0.05, 0.1) is 16.5 Å². The molecular formula is C22H24BrF3N2O4S. The molecule has 0 aliphatic carbocycles. The number of carbonyl (C=O) groups excluding carboxylic acids is 1. The lowest BCUT2D eigenvalue weighted by Gasteiger charge is -2.41. The van der Waals surface area contributed by atoms with Crippen LogP contribution in [0.1, 0.15) is 37.9 Å². The highest BCUT2D eigenvalue weighted by atomic mass is 79.9. The van der Waals surface area contributed by atoms with Gasteiger partial charge in [0.15, 0.2) is 0 Å². The van der Waals surface area contributed by atoms with E-state index in [1.807, 2.05) is 0 Å². The van der Waals surface area contributed by atoms with Crippen molar-refractivity contribution in [1.29, 1.82) is 0 Å². The van der Waals surface area contributed by atoms with Gasteiger partial charge in [0.1, 0.15) is 5.60 Å². The van der Waals surface area contributed by atoms with E-state index in [1.54, 1.807) is 45.0 Å². The first kappa shape index (κ1) is 25.5. The van der Waals surface area contributed by atoms with Crippen LogP contribution in [0.3, 0.4) is 0 Å². The SMILES string of the molecule is CC(C)(C)OC(=O)N1CCN(S(=O)(=O)c2ccccc2C(F)(F)F)C(c2cccc(Br)c2)C1. The summed E-state index contributed by atoms with van der Waals surface area (Å²) in [5.41, 5.74) is -1.45. The molecule has 0 bridgehead atoms. The number of alkyl halides is 3. The van der Waals surface area contributed by atoms with Crippen molar-refractivity contribution in [3.8, 4) is 0 Å². The molecule has 11 heteroatoms. The highest BCUT2D eigenvalue weighted by Gasteiger charge is 2.43. The maximum atomic E-state index is 13.6. The number of benzene rings is 2.